The Kier molecular flexibility index (Phi) is 8.51. The molecule has 0 radical (unpaired) electrons. The molecule has 152 valence electrons. The molecule has 0 spiro atoms. The summed E-state index contributed by atoms with van der Waals surface area (Å²) in [5.41, 5.74) is -0.179. The summed E-state index contributed by atoms with van der Waals surface area (Å²) in [5.74, 6) is 0.465. The second-order valence-electron chi connectivity index (χ2n) is 7.56. The van der Waals surface area contributed by atoms with E-state index in [1.807, 2.05) is 13.8 Å². The maximum Gasteiger partial charge on any atom is 0.222 e. The molecule has 26 heavy (non-hydrogen) atoms. The summed E-state index contributed by atoms with van der Waals surface area (Å²) in [7, 11) is 0. The quantitative estimate of drug-likeness (QED) is 0.504. The molecule has 3 aliphatic carbocycles. The van der Waals surface area contributed by atoms with Gasteiger partial charge in [-0.3, -0.25) is 9.59 Å². The Labute approximate surface area is 158 Å². The SMILES string of the molecule is CCOCCOCCOCCC(=O)NC12CCC(C(=O)CC)(CC1)CC2.[HH]. The molecule has 1 N–H and O–H groups in total. The van der Waals surface area contributed by atoms with Crippen LogP contribution in [0.15, 0.2) is 0 Å². The van der Waals surface area contributed by atoms with Gasteiger partial charge in [0.1, 0.15) is 5.78 Å². The van der Waals surface area contributed by atoms with E-state index in [-0.39, 0.29) is 18.3 Å². The number of carbonyl (C=O) groups is 2. The molecule has 0 aliphatic heterocycles. The van der Waals surface area contributed by atoms with E-state index in [2.05, 4.69) is 5.32 Å². The molecule has 3 rings (SSSR count). The molecule has 0 aromatic carbocycles. The van der Waals surface area contributed by atoms with Crippen molar-refractivity contribution in [3.05, 3.63) is 0 Å². The first kappa shape index (κ1) is 21.3. The van der Waals surface area contributed by atoms with E-state index in [4.69, 9.17) is 14.2 Å². The standard InChI is InChI=1S/C20H35NO5.H2/c1-3-17(22)19-6-9-20(10-7-19,11-8-19)21-18(23)5-12-25-15-16-26-14-13-24-4-2;/h3-16H2,1-2H3,(H,21,23);1H. The van der Waals surface area contributed by atoms with Crippen molar-refractivity contribution in [1.29, 1.82) is 0 Å². The van der Waals surface area contributed by atoms with Crippen molar-refractivity contribution < 1.29 is 25.2 Å². The topological polar surface area (TPSA) is 73.9 Å². The van der Waals surface area contributed by atoms with Crippen LogP contribution in [-0.2, 0) is 23.8 Å². The fraction of sp³-hybridized carbons (Fsp3) is 0.900. The second-order valence-corrected chi connectivity index (χ2v) is 7.56. The summed E-state index contributed by atoms with van der Waals surface area (Å²) >= 11 is 0. The Balaban J connectivity index is 0.00000364. The lowest BCUT2D eigenvalue weighted by Gasteiger charge is -2.52. The van der Waals surface area contributed by atoms with Crippen LogP contribution in [0.5, 0.6) is 0 Å². The van der Waals surface area contributed by atoms with E-state index < -0.39 is 0 Å². The van der Waals surface area contributed by atoms with Gasteiger partial charge >= 0.3 is 0 Å². The molecular weight excluding hydrogens is 334 g/mol. The number of Topliss-reactive ketones (excluding diaryl/α,β-unsaturated/α-hetero) is 1. The molecule has 0 heterocycles. The zero-order valence-corrected chi connectivity index (χ0v) is 16.4. The average molecular weight is 372 g/mol. The third-order valence-electron chi connectivity index (χ3n) is 5.99. The Morgan fingerprint density at radius 1 is 0.846 bits per heavy atom. The van der Waals surface area contributed by atoms with Crippen molar-refractivity contribution in [1.82, 2.24) is 5.32 Å². The third-order valence-corrected chi connectivity index (χ3v) is 5.99. The first-order chi connectivity index (χ1) is 12.6. The first-order valence-electron chi connectivity index (χ1n) is 10.1. The van der Waals surface area contributed by atoms with Gasteiger partial charge in [0.15, 0.2) is 0 Å². The lowest BCUT2D eigenvalue weighted by molar-refractivity contribution is -0.137. The lowest BCUT2D eigenvalue weighted by Crippen LogP contribution is -2.58. The predicted molar refractivity (Wildman–Crippen MR) is 101 cm³/mol. The van der Waals surface area contributed by atoms with Gasteiger partial charge in [-0.15, -0.1) is 0 Å². The van der Waals surface area contributed by atoms with Gasteiger partial charge in [0.05, 0.1) is 33.0 Å². The first-order valence-corrected chi connectivity index (χ1v) is 10.1. The van der Waals surface area contributed by atoms with E-state index >= 15 is 0 Å². The van der Waals surface area contributed by atoms with Gasteiger partial charge in [0.25, 0.3) is 0 Å². The third kappa shape index (κ3) is 5.76. The van der Waals surface area contributed by atoms with Crippen LogP contribution < -0.4 is 5.32 Å². The van der Waals surface area contributed by atoms with E-state index in [1.165, 1.54) is 0 Å². The minimum Gasteiger partial charge on any atom is -0.379 e. The molecule has 0 saturated heterocycles. The van der Waals surface area contributed by atoms with Crippen molar-refractivity contribution in [3.63, 3.8) is 0 Å². The fourth-order valence-electron chi connectivity index (χ4n) is 4.27. The normalized spacial score (nSPS) is 27.5. The average Bonchev–Trinajstić information content (AvgIpc) is 2.67. The van der Waals surface area contributed by atoms with Crippen LogP contribution in [0.3, 0.4) is 0 Å². The summed E-state index contributed by atoms with van der Waals surface area (Å²) in [6, 6.07) is 0. The molecule has 3 aliphatic rings. The van der Waals surface area contributed by atoms with Crippen molar-refractivity contribution in [2.24, 2.45) is 5.41 Å². The summed E-state index contributed by atoms with van der Waals surface area (Å²) in [6.45, 7) is 7.21. The number of rotatable bonds is 13. The Hall–Kier alpha value is -0.980. The Morgan fingerprint density at radius 3 is 1.92 bits per heavy atom. The van der Waals surface area contributed by atoms with Gasteiger partial charge in [-0.05, 0) is 45.4 Å². The minimum atomic E-state index is -0.0908. The van der Waals surface area contributed by atoms with Crippen LogP contribution in [0.1, 0.15) is 66.6 Å². The number of hydrogen-bond acceptors (Lipinski definition) is 5. The van der Waals surface area contributed by atoms with Crippen LogP contribution in [0.4, 0.5) is 0 Å². The predicted octanol–water partition coefficient (Wildman–Crippen LogP) is 2.88. The molecule has 0 aromatic heterocycles. The number of hydrogen-bond donors (Lipinski definition) is 1. The Bertz CT molecular complexity index is 447. The van der Waals surface area contributed by atoms with Gasteiger partial charge < -0.3 is 19.5 Å². The van der Waals surface area contributed by atoms with E-state index in [9.17, 15) is 9.59 Å². The van der Waals surface area contributed by atoms with Gasteiger partial charge in [0, 0.05) is 31.8 Å². The highest BCUT2D eigenvalue weighted by molar-refractivity contribution is 5.85. The molecule has 3 saturated carbocycles. The number of ketones is 1. The van der Waals surface area contributed by atoms with Gasteiger partial charge in [-0.1, -0.05) is 6.92 Å². The monoisotopic (exact) mass is 371 g/mol. The minimum absolute atomic E-state index is 0. The number of carbonyl (C=O) groups excluding carboxylic acids is 2. The fourth-order valence-corrected chi connectivity index (χ4v) is 4.27. The number of fused-ring (bicyclic) bond motifs is 3. The number of ether oxygens (including phenoxy) is 3. The van der Waals surface area contributed by atoms with Crippen LogP contribution in [0, 0.1) is 5.41 Å². The summed E-state index contributed by atoms with van der Waals surface area (Å²) in [4.78, 5) is 24.5. The van der Waals surface area contributed by atoms with Crippen molar-refractivity contribution in [2.75, 3.05) is 39.6 Å². The molecule has 6 heteroatoms. The van der Waals surface area contributed by atoms with E-state index in [1.54, 1.807) is 0 Å². The van der Waals surface area contributed by atoms with Crippen LogP contribution in [-0.4, -0.2) is 56.9 Å². The molecular formula is C20H37NO5. The summed E-state index contributed by atoms with van der Waals surface area (Å²) in [5, 5.41) is 3.24. The number of amides is 1. The highest BCUT2D eigenvalue weighted by Gasteiger charge is 2.51. The van der Waals surface area contributed by atoms with E-state index in [0.29, 0.717) is 58.3 Å². The van der Waals surface area contributed by atoms with Crippen LogP contribution >= 0.6 is 0 Å². The maximum absolute atomic E-state index is 12.3. The largest absolute Gasteiger partial charge is 0.379 e. The van der Waals surface area contributed by atoms with Gasteiger partial charge in [-0.2, -0.15) is 0 Å². The summed E-state index contributed by atoms with van der Waals surface area (Å²) < 4.78 is 16.0. The molecule has 0 unspecified atom stereocenters. The zero-order valence-electron chi connectivity index (χ0n) is 16.4. The second kappa shape index (κ2) is 10.4. The van der Waals surface area contributed by atoms with Crippen molar-refractivity contribution >= 4 is 11.7 Å². The zero-order chi connectivity index (χ0) is 18.9. The van der Waals surface area contributed by atoms with Crippen LogP contribution in [0.2, 0.25) is 0 Å². The van der Waals surface area contributed by atoms with Crippen molar-refractivity contribution in [2.45, 2.75) is 70.8 Å². The van der Waals surface area contributed by atoms with Gasteiger partial charge in [-0.25, -0.2) is 0 Å². The maximum atomic E-state index is 12.3. The molecule has 0 atom stereocenters. The Morgan fingerprint density at radius 2 is 1.38 bits per heavy atom. The molecule has 2 bridgehead atoms. The smallest absolute Gasteiger partial charge is 0.222 e. The molecule has 0 aromatic rings. The highest BCUT2D eigenvalue weighted by atomic mass is 16.5. The lowest BCUT2D eigenvalue weighted by atomic mass is 9.55. The molecule has 1 amide bonds. The van der Waals surface area contributed by atoms with E-state index in [0.717, 1.165) is 38.5 Å². The summed E-state index contributed by atoms with van der Waals surface area (Å²) in [6.07, 6.45) is 6.57. The number of nitrogens with one attached hydrogen (secondary N) is 1. The van der Waals surface area contributed by atoms with Gasteiger partial charge in [0.2, 0.25) is 5.91 Å². The van der Waals surface area contributed by atoms with Crippen LogP contribution in [0.25, 0.3) is 0 Å². The van der Waals surface area contributed by atoms with Crippen molar-refractivity contribution in [3.8, 4) is 0 Å². The molecule has 6 nitrogen and oxygen atoms in total. The molecule has 3 fully saturated rings. The highest BCUT2D eigenvalue weighted by Crippen LogP contribution is 2.53.